The monoisotopic (exact) mass is 206 g/mol. The van der Waals surface area contributed by atoms with Crippen LogP contribution in [0.15, 0.2) is 30.4 Å². The van der Waals surface area contributed by atoms with E-state index in [9.17, 15) is 4.39 Å². The van der Waals surface area contributed by atoms with Gasteiger partial charge in [-0.25, -0.2) is 4.39 Å². The molecule has 0 heterocycles. The zero-order chi connectivity index (χ0) is 11.6. The number of hydrogen-bond acceptors (Lipinski definition) is 0. The van der Waals surface area contributed by atoms with E-state index in [1.54, 1.807) is 13.8 Å². The Balaban J connectivity index is 3.04. The lowest BCUT2D eigenvalue weighted by atomic mass is 9.92. The molecular formula is C14H19F. The van der Waals surface area contributed by atoms with E-state index in [1.807, 2.05) is 32.0 Å². The van der Waals surface area contributed by atoms with Crippen molar-refractivity contribution in [1.29, 1.82) is 0 Å². The maximum atomic E-state index is 13.8. The van der Waals surface area contributed by atoms with Crippen LogP contribution in [0, 0.1) is 6.92 Å². The van der Waals surface area contributed by atoms with E-state index < -0.39 is 5.67 Å². The van der Waals surface area contributed by atoms with Gasteiger partial charge in [0.1, 0.15) is 5.67 Å². The van der Waals surface area contributed by atoms with E-state index >= 15 is 0 Å². The lowest BCUT2D eigenvalue weighted by molar-refractivity contribution is 0.220. The molecular weight excluding hydrogens is 187 g/mol. The number of alkyl halides is 1. The Hall–Kier alpha value is -1.11. The fourth-order valence-electron chi connectivity index (χ4n) is 1.85. The summed E-state index contributed by atoms with van der Waals surface area (Å²) in [6.07, 6.45) is 0.869. The van der Waals surface area contributed by atoms with Gasteiger partial charge < -0.3 is 0 Å². The number of rotatable bonds is 3. The number of halogens is 1. The summed E-state index contributed by atoms with van der Waals surface area (Å²) < 4.78 is 13.8. The molecule has 1 heteroatoms. The molecule has 15 heavy (non-hydrogen) atoms. The van der Waals surface area contributed by atoms with Crippen LogP contribution in [0.1, 0.15) is 37.5 Å². The minimum atomic E-state index is -1.26. The number of aryl methyl sites for hydroxylation is 1. The van der Waals surface area contributed by atoms with Crippen molar-refractivity contribution in [2.45, 2.75) is 39.8 Å². The highest BCUT2D eigenvalue weighted by Crippen LogP contribution is 2.28. The van der Waals surface area contributed by atoms with Crippen LogP contribution >= 0.6 is 0 Å². The second-order valence-electron chi connectivity index (χ2n) is 4.76. The van der Waals surface area contributed by atoms with Gasteiger partial charge in [0.05, 0.1) is 0 Å². The molecule has 0 unspecified atom stereocenters. The molecule has 0 aliphatic carbocycles. The first-order chi connectivity index (χ1) is 6.80. The van der Waals surface area contributed by atoms with Crippen molar-refractivity contribution in [3.8, 4) is 0 Å². The van der Waals surface area contributed by atoms with Crippen molar-refractivity contribution in [3.05, 3.63) is 47.0 Å². The molecule has 0 aliphatic heterocycles. The van der Waals surface area contributed by atoms with E-state index in [2.05, 4.69) is 6.58 Å². The predicted octanol–water partition coefficient (Wildman–Crippen LogP) is 4.32. The lowest BCUT2D eigenvalue weighted by Crippen LogP contribution is -2.11. The molecule has 1 aromatic carbocycles. The van der Waals surface area contributed by atoms with Crippen LogP contribution in [-0.4, -0.2) is 0 Å². The summed E-state index contributed by atoms with van der Waals surface area (Å²) in [5, 5.41) is 0. The summed E-state index contributed by atoms with van der Waals surface area (Å²) in [4.78, 5) is 0. The average Bonchev–Trinajstić information content (AvgIpc) is 1.99. The van der Waals surface area contributed by atoms with Gasteiger partial charge in [0, 0.05) is 0 Å². The Morgan fingerprint density at radius 1 is 1.40 bits per heavy atom. The first-order valence-corrected chi connectivity index (χ1v) is 5.24. The first kappa shape index (κ1) is 12.0. The normalized spacial score (nSPS) is 11.5. The standard InChI is InChI=1S/C14H19F/c1-10(2)8-12-6-7-13(11(3)9-12)14(4,5)15/h6-7,9H,1,8H2,2-5H3. The molecule has 82 valence electrons. The van der Waals surface area contributed by atoms with Crippen molar-refractivity contribution < 1.29 is 4.39 Å². The topological polar surface area (TPSA) is 0 Å². The summed E-state index contributed by atoms with van der Waals surface area (Å²) in [6.45, 7) is 11.0. The first-order valence-electron chi connectivity index (χ1n) is 5.24. The third kappa shape index (κ3) is 3.19. The number of benzene rings is 1. The maximum Gasteiger partial charge on any atom is 0.130 e. The molecule has 0 fully saturated rings. The van der Waals surface area contributed by atoms with Crippen LogP contribution in [0.4, 0.5) is 4.39 Å². The van der Waals surface area contributed by atoms with Crippen LogP contribution in [-0.2, 0) is 12.1 Å². The molecule has 0 bridgehead atoms. The van der Waals surface area contributed by atoms with Gasteiger partial charge in [-0.2, -0.15) is 0 Å². The van der Waals surface area contributed by atoms with Crippen LogP contribution in [0.3, 0.4) is 0 Å². The smallest absolute Gasteiger partial charge is 0.130 e. The summed E-state index contributed by atoms with van der Waals surface area (Å²) in [5.41, 5.74) is 2.86. The Morgan fingerprint density at radius 3 is 2.40 bits per heavy atom. The van der Waals surface area contributed by atoms with E-state index in [4.69, 9.17) is 0 Å². The molecule has 1 aromatic rings. The Bertz CT molecular complexity index is 369. The highest BCUT2D eigenvalue weighted by atomic mass is 19.1. The minimum absolute atomic E-state index is 0.771. The zero-order valence-electron chi connectivity index (χ0n) is 10.0. The SMILES string of the molecule is C=C(C)Cc1ccc(C(C)(C)F)c(C)c1. The van der Waals surface area contributed by atoms with Crippen molar-refractivity contribution in [2.75, 3.05) is 0 Å². The van der Waals surface area contributed by atoms with Crippen LogP contribution < -0.4 is 0 Å². The largest absolute Gasteiger partial charge is 0.239 e. The van der Waals surface area contributed by atoms with E-state index in [0.29, 0.717) is 0 Å². The molecule has 1 rings (SSSR count). The molecule has 0 N–H and O–H groups in total. The third-order valence-electron chi connectivity index (χ3n) is 2.44. The van der Waals surface area contributed by atoms with Gasteiger partial charge >= 0.3 is 0 Å². The molecule has 0 aromatic heterocycles. The molecule has 0 radical (unpaired) electrons. The summed E-state index contributed by atoms with van der Waals surface area (Å²) in [7, 11) is 0. The summed E-state index contributed by atoms with van der Waals surface area (Å²) in [6, 6.07) is 5.91. The molecule has 0 saturated carbocycles. The second kappa shape index (κ2) is 4.18. The predicted molar refractivity (Wildman–Crippen MR) is 63.8 cm³/mol. The highest BCUT2D eigenvalue weighted by molar-refractivity contribution is 5.35. The van der Waals surface area contributed by atoms with Crippen LogP contribution in [0.25, 0.3) is 0 Å². The molecule has 0 saturated heterocycles. The van der Waals surface area contributed by atoms with Gasteiger partial charge in [-0.1, -0.05) is 30.4 Å². The van der Waals surface area contributed by atoms with Crippen molar-refractivity contribution in [3.63, 3.8) is 0 Å². The minimum Gasteiger partial charge on any atom is -0.239 e. The van der Waals surface area contributed by atoms with Gasteiger partial charge in [-0.05, 0) is 50.8 Å². The van der Waals surface area contributed by atoms with E-state index in [1.165, 1.54) is 5.56 Å². The Labute approximate surface area is 91.8 Å². The van der Waals surface area contributed by atoms with Crippen molar-refractivity contribution in [1.82, 2.24) is 0 Å². The zero-order valence-corrected chi connectivity index (χ0v) is 10.0. The lowest BCUT2D eigenvalue weighted by Gasteiger charge is -2.18. The van der Waals surface area contributed by atoms with Crippen molar-refractivity contribution >= 4 is 0 Å². The fourth-order valence-corrected chi connectivity index (χ4v) is 1.85. The van der Waals surface area contributed by atoms with Crippen LogP contribution in [0.5, 0.6) is 0 Å². The molecule has 0 nitrogen and oxygen atoms in total. The number of allylic oxidation sites excluding steroid dienone is 1. The molecule has 0 spiro atoms. The van der Waals surface area contributed by atoms with Crippen molar-refractivity contribution in [2.24, 2.45) is 0 Å². The molecule has 0 aliphatic rings. The summed E-state index contributed by atoms with van der Waals surface area (Å²) in [5.74, 6) is 0. The molecule has 0 amide bonds. The van der Waals surface area contributed by atoms with E-state index in [-0.39, 0.29) is 0 Å². The Kier molecular flexibility index (Phi) is 3.33. The summed E-state index contributed by atoms with van der Waals surface area (Å²) >= 11 is 0. The van der Waals surface area contributed by atoms with Gasteiger partial charge in [0.25, 0.3) is 0 Å². The maximum absolute atomic E-state index is 13.8. The van der Waals surface area contributed by atoms with Gasteiger partial charge in [-0.3, -0.25) is 0 Å². The quantitative estimate of drug-likeness (QED) is 0.646. The van der Waals surface area contributed by atoms with Gasteiger partial charge in [0.15, 0.2) is 0 Å². The van der Waals surface area contributed by atoms with Gasteiger partial charge in [0.2, 0.25) is 0 Å². The third-order valence-corrected chi connectivity index (χ3v) is 2.44. The Morgan fingerprint density at radius 2 is 2.00 bits per heavy atom. The fraction of sp³-hybridized carbons (Fsp3) is 0.429. The second-order valence-corrected chi connectivity index (χ2v) is 4.76. The average molecular weight is 206 g/mol. The van der Waals surface area contributed by atoms with E-state index in [0.717, 1.165) is 23.1 Å². The van der Waals surface area contributed by atoms with Gasteiger partial charge in [-0.15, -0.1) is 0 Å². The number of hydrogen-bond donors (Lipinski definition) is 0. The molecule has 0 atom stereocenters. The highest BCUT2D eigenvalue weighted by Gasteiger charge is 2.20. The van der Waals surface area contributed by atoms with Crippen LogP contribution in [0.2, 0.25) is 0 Å².